The minimum Gasteiger partial charge on any atom is -0.389 e. The Kier molecular flexibility index (Phi) is 8.95. The van der Waals surface area contributed by atoms with E-state index in [1.54, 1.807) is 11.4 Å². The summed E-state index contributed by atoms with van der Waals surface area (Å²) in [4.78, 5) is 0. The van der Waals surface area contributed by atoms with Crippen LogP contribution in [-0.4, -0.2) is 32.7 Å². The van der Waals surface area contributed by atoms with Gasteiger partial charge >= 0.3 is 8.56 Å². The van der Waals surface area contributed by atoms with Gasteiger partial charge in [0, 0.05) is 13.2 Å². The predicted octanol–water partition coefficient (Wildman–Crippen LogP) is 0.500. The molecule has 0 aliphatic carbocycles. The van der Waals surface area contributed by atoms with E-state index in [-0.39, 0.29) is 11.0 Å². The van der Waals surface area contributed by atoms with E-state index in [9.17, 15) is 0 Å². The highest BCUT2D eigenvalue weighted by atomic mass is 28.4. The molecule has 4 heteroatoms. The van der Waals surface area contributed by atoms with Gasteiger partial charge in [0.25, 0.3) is 0 Å². The minimum absolute atomic E-state index is 0. The van der Waals surface area contributed by atoms with Crippen LogP contribution in [0.4, 0.5) is 0 Å². The monoisotopic (exact) mass is 204 g/mol. The predicted molar refractivity (Wildman–Crippen MR) is 60.7 cm³/mol. The Morgan fingerprint density at radius 2 is 1.42 bits per heavy atom. The molecule has 0 atom stereocenters. The van der Waals surface area contributed by atoms with E-state index >= 15 is 0 Å². The number of hydrogen-bond donors (Lipinski definition) is 0. The van der Waals surface area contributed by atoms with Crippen LogP contribution < -0.4 is 0 Å². The normalized spacial score (nSPS) is 10.2. The fourth-order valence-electron chi connectivity index (χ4n) is 0.812. The van der Waals surface area contributed by atoms with Gasteiger partial charge in [-0.05, 0) is 36.2 Å². The fraction of sp³-hybridized carbons (Fsp3) is 0.500. The van der Waals surface area contributed by atoms with Gasteiger partial charge in [-0.3, -0.25) is 0 Å². The molecule has 0 saturated carbocycles. The van der Waals surface area contributed by atoms with Gasteiger partial charge in [0.15, 0.2) is 0 Å². The standard InChI is InChI=1S/C8H16O2Si.H4Si/c1-5-9-11(7-3,8-4)10-6-2;/h7-8H,3-6H2,1-2H3;1H4. The topological polar surface area (TPSA) is 18.5 Å². The van der Waals surface area contributed by atoms with Crippen LogP contribution in [0.2, 0.25) is 0 Å². The van der Waals surface area contributed by atoms with Crippen LogP contribution in [0.1, 0.15) is 13.8 Å². The van der Waals surface area contributed by atoms with Crippen molar-refractivity contribution in [3.05, 3.63) is 24.6 Å². The molecule has 0 heterocycles. The molecule has 0 amide bonds. The van der Waals surface area contributed by atoms with Gasteiger partial charge < -0.3 is 8.85 Å². The maximum Gasteiger partial charge on any atom is 0.390 e. The molecule has 0 bridgehead atoms. The average Bonchev–Trinajstić information content (AvgIpc) is 2.04. The van der Waals surface area contributed by atoms with Gasteiger partial charge in [0.1, 0.15) is 0 Å². The van der Waals surface area contributed by atoms with Gasteiger partial charge in [-0.2, -0.15) is 0 Å². The molecule has 2 nitrogen and oxygen atoms in total. The first-order valence-corrected chi connectivity index (χ1v) is 5.76. The van der Waals surface area contributed by atoms with E-state index in [2.05, 4.69) is 13.2 Å². The third-order valence-electron chi connectivity index (χ3n) is 1.31. The maximum atomic E-state index is 5.45. The molecule has 0 fully saturated rings. The lowest BCUT2D eigenvalue weighted by Crippen LogP contribution is -2.38. The average molecular weight is 204 g/mol. The molecule has 0 radical (unpaired) electrons. The van der Waals surface area contributed by atoms with E-state index in [4.69, 9.17) is 8.85 Å². The Morgan fingerprint density at radius 1 is 1.08 bits per heavy atom. The SMILES string of the molecule is C=C[Si](C=C)(OCC)OCC.[SiH4]. The molecule has 72 valence electrons. The molecule has 0 aromatic heterocycles. The van der Waals surface area contributed by atoms with Crippen molar-refractivity contribution in [2.75, 3.05) is 13.2 Å². The van der Waals surface area contributed by atoms with Crippen molar-refractivity contribution >= 4 is 19.5 Å². The molecular formula is C8H20O2Si2. The summed E-state index contributed by atoms with van der Waals surface area (Å²) in [5.74, 6) is 0. The highest BCUT2D eigenvalue weighted by Crippen LogP contribution is 2.09. The van der Waals surface area contributed by atoms with E-state index < -0.39 is 8.56 Å². The Morgan fingerprint density at radius 3 is 1.58 bits per heavy atom. The quantitative estimate of drug-likeness (QED) is 0.587. The van der Waals surface area contributed by atoms with Crippen molar-refractivity contribution in [1.82, 2.24) is 0 Å². The first kappa shape index (κ1) is 14.4. The Bertz CT molecular complexity index is 121. The third kappa shape index (κ3) is 4.01. The molecule has 0 unspecified atom stereocenters. The highest BCUT2D eigenvalue weighted by molar-refractivity contribution is 6.77. The molecule has 0 aliphatic rings. The summed E-state index contributed by atoms with van der Waals surface area (Å²) in [7, 11) is -2.22. The molecule has 0 aromatic rings. The van der Waals surface area contributed by atoms with Gasteiger partial charge in [-0.15, -0.1) is 13.2 Å². The molecule has 0 N–H and O–H groups in total. The van der Waals surface area contributed by atoms with Crippen LogP contribution in [0.15, 0.2) is 24.6 Å². The van der Waals surface area contributed by atoms with Crippen LogP contribution in [0.25, 0.3) is 0 Å². The lowest BCUT2D eigenvalue weighted by atomic mass is 10.9. The Hall–Kier alpha value is -0.166. The van der Waals surface area contributed by atoms with Gasteiger partial charge in [-0.1, -0.05) is 0 Å². The molecule has 0 rings (SSSR count). The molecule has 0 spiro atoms. The van der Waals surface area contributed by atoms with Crippen LogP contribution in [0, 0.1) is 0 Å². The Labute approximate surface area is 80.5 Å². The van der Waals surface area contributed by atoms with E-state index in [1.165, 1.54) is 0 Å². The summed E-state index contributed by atoms with van der Waals surface area (Å²) in [6.07, 6.45) is 0. The van der Waals surface area contributed by atoms with Crippen molar-refractivity contribution in [2.45, 2.75) is 13.8 Å². The van der Waals surface area contributed by atoms with Crippen LogP contribution >= 0.6 is 0 Å². The summed E-state index contributed by atoms with van der Waals surface area (Å²) in [6.45, 7) is 12.5. The highest BCUT2D eigenvalue weighted by Gasteiger charge is 2.28. The van der Waals surface area contributed by atoms with E-state index in [0.717, 1.165) is 0 Å². The minimum atomic E-state index is -2.22. The summed E-state index contributed by atoms with van der Waals surface area (Å²) in [5.41, 5.74) is 3.49. The van der Waals surface area contributed by atoms with Crippen LogP contribution in [0.5, 0.6) is 0 Å². The van der Waals surface area contributed by atoms with Crippen molar-refractivity contribution in [2.24, 2.45) is 0 Å². The largest absolute Gasteiger partial charge is 0.390 e. The Balaban J connectivity index is 0. The molecule has 0 aliphatic heterocycles. The van der Waals surface area contributed by atoms with Crippen LogP contribution in [-0.2, 0) is 8.85 Å². The van der Waals surface area contributed by atoms with Crippen LogP contribution in [0.3, 0.4) is 0 Å². The second-order valence-corrected chi connectivity index (χ2v) is 4.83. The van der Waals surface area contributed by atoms with Crippen molar-refractivity contribution in [1.29, 1.82) is 0 Å². The maximum absolute atomic E-state index is 5.45. The number of rotatable bonds is 6. The zero-order chi connectivity index (χ0) is 8.74. The van der Waals surface area contributed by atoms with Gasteiger partial charge in [-0.25, -0.2) is 0 Å². The smallest absolute Gasteiger partial charge is 0.389 e. The molecule has 0 saturated heterocycles. The first-order chi connectivity index (χ1) is 5.24. The summed E-state index contributed by atoms with van der Waals surface area (Å²) in [6, 6.07) is 0. The summed E-state index contributed by atoms with van der Waals surface area (Å²) >= 11 is 0. The van der Waals surface area contributed by atoms with E-state index in [0.29, 0.717) is 13.2 Å². The summed E-state index contributed by atoms with van der Waals surface area (Å²) < 4.78 is 10.9. The van der Waals surface area contributed by atoms with E-state index in [1.807, 2.05) is 13.8 Å². The zero-order valence-electron chi connectivity index (χ0n) is 7.30. The third-order valence-corrected chi connectivity index (χ3v) is 3.93. The lowest BCUT2D eigenvalue weighted by Gasteiger charge is -2.22. The summed E-state index contributed by atoms with van der Waals surface area (Å²) in [5, 5.41) is 0. The van der Waals surface area contributed by atoms with Crippen molar-refractivity contribution in [3.63, 3.8) is 0 Å². The van der Waals surface area contributed by atoms with Gasteiger partial charge in [0.05, 0.1) is 0 Å². The molecule has 0 aromatic carbocycles. The molecule has 12 heavy (non-hydrogen) atoms. The fourth-order valence-corrected chi connectivity index (χ4v) is 2.44. The van der Waals surface area contributed by atoms with Crippen molar-refractivity contribution < 1.29 is 8.85 Å². The lowest BCUT2D eigenvalue weighted by molar-refractivity contribution is 0.206. The molecular weight excluding hydrogens is 184 g/mol. The zero-order valence-corrected chi connectivity index (χ0v) is 8.30. The second kappa shape index (κ2) is 7.48. The van der Waals surface area contributed by atoms with Gasteiger partial charge in [0.2, 0.25) is 0 Å². The second-order valence-electron chi connectivity index (χ2n) is 2.00. The number of hydrogen-bond acceptors (Lipinski definition) is 2. The van der Waals surface area contributed by atoms with Crippen molar-refractivity contribution in [3.8, 4) is 0 Å². The first-order valence-electron chi connectivity index (χ1n) is 3.79.